The zero-order valence-corrected chi connectivity index (χ0v) is 11.9. The first-order valence-electron chi connectivity index (χ1n) is 6.86. The molecule has 0 atom stereocenters. The molecule has 0 unspecified atom stereocenters. The van der Waals surface area contributed by atoms with Gasteiger partial charge in [-0.2, -0.15) is 0 Å². The average Bonchev–Trinajstić information content (AvgIpc) is 2.38. The standard InChI is InChI=1S/C15H23NO2/c1-5-9-14-11(6-2)10-12(13(7-3)16-14)15(17)18-8-4/h10H,5-9H2,1-4H3. The van der Waals surface area contributed by atoms with Gasteiger partial charge in [0.25, 0.3) is 0 Å². The van der Waals surface area contributed by atoms with Gasteiger partial charge >= 0.3 is 5.97 Å². The Bertz CT molecular complexity index is 413. The van der Waals surface area contributed by atoms with Crippen LogP contribution in [0.2, 0.25) is 0 Å². The fourth-order valence-electron chi connectivity index (χ4n) is 2.05. The lowest BCUT2D eigenvalue weighted by atomic mass is 10.0. The van der Waals surface area contributed by atoms with Crippen molar-refractivity contribution in [3.63, 3.8) is 0 Å². The van der Waals surface area contributed by atoms with Crippen molar-refractivity contribution in [2.45, 2.75) is 53.4 Å². The molecule has 0 N–H and O–H groups in total. The Morgan fingerprint density at radius 1 is 1.17 bits per heavy atom. The Hall–Kier alpha value is -1.38. The second-order valence-corrected chi connectivity index (χ2v) is 4.27. The van der Waals surface area contributed by atoms with Gasteiger partial charge in [0.2, 0.25) is 0 Å². The van der Waals surface area contributed by atoms with Crippen LogP contribution in [-0.4, -0.2) is 17.6 Å². The van der Waals surface area contributed by atoms with Crippen molar-refractivity contribution in [1.82, 2.24) is 4.98 Å². The van der Waals surface area contributed by atoms with Gasteiger partial charge in [-0.25, -0.2) is 4.79 Å². The Balaban J connectivity index is 3.21. The third-order valence-corrected chi connectivity index (χ3v) is 2.97. The monoisotopic (exact) mass is 249 g/mol. The minimum atomic E-state index is -0.250. The Morgan fingerprint density at radius 2 is 1.89 bits per heavy atom. The molecule has 1 heterocycles. The lowest BCUT2D eigenvalue weighted by Gasteiger charge is -2.12. The summed E-state index contributed by atoms with van der Waals surface area (Å²) in [6.45, 7) is 8.48. The molecule has 100 valence electrons. The highest BCUT2D eigenvalue weighted by atomic mass is 16.5. The van der Waals surface area contributed by atoms with Gasteiger partial charge in [-0.3, -0.25) is 4.98 Å². The van der Waals surface area contributed by atoms with Gasteiger partial charge in [0.05, 0.1) is 17.9 Å². The van der Waals surface area contributed by atoms with E-state index in [4.69, 9.17) is 4.74 Å². The number of aromatic nitrogens is 1. The smallest absolute Gasteiger partial charge is 0.339 e. The molecule has 0 spiro atoms. The molecule has 3 heteroatoms. The van der Waals surface area contributed by atoms with Crippen molar-refractivity contribution in [2.24, 2.45) is 0 Å². The van der Waals surface area contributed by atoms with E-state index in [1.54, 1.807) is 0 Å². The summed E-state index contributed by atoms with van der Waals surface area (Å²) in [6, 6.07) is 1.97. The molecule has 1 aromatic heterocycles. The molecule has 1 aromatic rings. The first-order valence-corrected chi connectivity index (χ1v) is 6.86. The van der Waals surface area contributed by atoms with Crippen LogP contribution in [0.25, 0.3) is 0 Å². The summed E-state index contributed by atoms with van der Waals surface area (Å²) in [5.74, 6) is -0.250. The fourth-order valence-corrected chi connectivity index (χ4v) is 2.05. The van der Waals surface area contributed by atoms with Crippen LogP contribution >= 0.6 is 0 Å². The molecule has 0 aliphatic rings. The highest BCUT2D eigenvalue weighted by Gasteiger charge is 2.16. The van der Waals surface area contributed by atoms with Crippen LogP contribution in [0.15, 0.2) is 6.07 Å². The number of rotatable bonds is 6. The van der Waals surface area contributed by atoms with Crippen molar-refractivity contribution in [3.05, 3.63) is 28.6 Å². The Kier molecular flexibility index (Phi) is 5.83. The molecule has 0 aliphatic heterocycles. The summed E-state index contributed by atoms with van der Waals surface area (Å²) >= 11 is 0. The van der Waals surface area contributed by atoms with Gasteiger partial charge in [-0.05, 0) is 37.8 Å². The summed E-state index contributed by atoms with van der Waals surface area (Å²) in [6.07, 6.45) is 3.70. The average molecular weight is 249 g/mol. The number of hydrogen-bond acceptors (Lipinski definition) is 3. The maximum Gasteiger partial charge on any atom is 0.339 e. The third kappa shape index (κ3) is 3.31. The van der Waals surface area contributed by atoms with E-state index in [9.17, 15) is 4.79 Å². The minimum absolute atomic E-state index is 0.250. The van der Waals surface area contributed by atoms with Gasteiger partial charge in [0, 0.05) is 5.69 Å². The Labute approximate surface area is 110 Å². The van der Waals surface area contributed by atoms with Crippen molar-refractivity contribution in [3.8, 4) is 0 Å². The number of aryl methyl sites for hydroxylation is 3. The fraction of sp³-hybridized carbons (Fsp3) is 0.600. The zero-order chi connectivity index (χ0) is 13.5. The van der Waals surface area contributed by atoms with E-state index in [0.717, 1.165) is 42.6 Å². The predicted molar refractivity (Wildman–Crippen MR) is 72.9 cm³/mol. The number of nitrogens with zero attached hydrogens (tertiary/aromatic N) is 1. The minimum Gasteiger partial charge on any atom is -0.462 e. The molecular formula is C15H23NO2. The quantitative estimate of drug-likeness (QED) is 0.726. The number of carbonyl (C=O) groups excluding carboxylic acids is 1. The topological polar surface area (TPSA) is 39.2 Å². The van der Waals surface area contributed by atoms with E-state index >= 15 is 0 Å². The van der Waals surface area contributed by atoms with Crippen LogP contribution in [0.3, 0.4) is 0 Å². The van der Waals surface area contributed by atoms with E-state index < -0.39 is 0 Å². The molecule has 1 rings (SSSR count). The van der Waals surface area contributed by atoms with Crippen LogP contribution in [0.1, 0.15) is 61.4 Å². The van der Waals surface area contributed by atoms with Crippen molar-refractivity contribution in [2.75, 3.05) is 6.61 Å². The number of hydrogen-bond donors (Lipinski definition) is 0. The number of esters is 1. The molecular weight excluding hydrogens is 226 g/mol. The number of carbonyl (C=O) groups is 1. The predicted octanol–water partition coefficient (Wildman–Crippen LogP) is 3.34. The molecule has 0 saturated heterocycles. The van der Waals surface area contributed by atoms with E-state index in [0.29, 0.717) is 12.2 Å². The molecule has 0 amide bonds. The van der Waals surface area contributed by atoms with Crippen LogP contribution in [-0.2, 0) is 24.0 Å². The third-order valence-electron chi connectivity index (χ3n) is 2.97. The van der Waals surface area contributed by atoms with Crippen LogP contribution in [0.5, 0.6) is 0 Å². The van der Waals surface area contributed by atoms with Crippen LogP contribution in [0.4, 0.5) is 0 Å². The first-order chi connectivity index (χ1) is 8.67. The van der Waals surface area contributed by atoms with E-state index in [1.807, 2.05) is 19.9 Å². The van der Waals surface area contributed by atoms with E-state index in [-0.39, 0.29) is 5.97 Å². The molecule has 0 saturated carbocycles. The second-order valence-electron chi connectivity index (χ2n) is 4.27. The molecule has 0 bridgehead atoms. The van der Waals surface area contributed by atoms with Gasteiger partial charge in [0.1, 0.15) is 0 Å². The number of ether oxygens (including phenoxy) is 1. The summed E-state index contributed by atoms with van der Waals surface area (Å²) in [5, 5.41) is 0. The summed E-state index contributed by atoms with van der Waals surface area (Å²) < 4.78 is 5.09. The van der Waals surface area contributed by atoms with Gasteiger partial charge in [-0.1, -0.05) is 27.2 Å². The largest absolute Gasteiger partial charge is 0.462 e. The summed E-state index contributed by atoms with van der Waals surface area (Å²) in [5.41, 5.74) is 3.78. The lowest BCUT2D eigenvalue weighted by Crippen LogP contribution is -2.12. The van der Waals surface area contributed by atoms with Gasteiger partial charge < -0.3 is 4.74 Å². The molecule has 0 aliphatic carbocycles. The van der Waals surface area contributed by atoms with Crippen molar-refractivity contribution < 1.29 is 9.53 Å². The molecule has 0 aromatic carbocycles. The molecule has 0 radical (unpaired) electrons. The van der Waals surface area contributed by atoms with Crippen LogP contribution in [0, 0.1) is 0 Å². The second kappa shape index (κ2) is 7.14. The number of pyridine rings is 1. The lowest BCUT2D eigenvalue weighted by molar-refractivity contribution is 0.0524. The Morgan fingerprint density at radius 3 is 2.39 bits per heavy atom. The van der Waals surface area contributed by atoms with Crippen molar-refractivity contribution >= 4 is 5.97 Å². The SMILES string of the molecule is CCCc1nc(CC)c(C(=O)OCC)cc1CC. The van der Waals surface area contributed by atoms with Gasteiger partial charge in [0.15, 0.2) is 0 Å². The molecule has 0 fully saturated rings. The zero-order valence-electron chi connectivity index (χ0n) is 11.9. The van der Waals surface area contributed by atoms with E-state index in [2.05, 4.69) is 18.8 Å². The first kappa shape index (κ1) is 14.7. The maximum absolute atomic E-state index is 11.9. The van der Waals surface area contributed by atoms with Crippen molar-refractivity contribution in [1.29, 1.82) is 0 Å². The summed E-state index contributed by atoms with van der Waals surface area (Å²) in [7, 11) is 0. The normalized spacial score (nSPS) is 10.4. The molecule has 3 nitrogen and oxygen atoms in total. The van der Waals surface area contributed by atoms with E-state index in [1.165, 1.54) is 0 Å². The maximum atomic E-state index is 11.9. The molecule has 18 heavy (non-hydrogen) atoms. The van der Waals surface area contributed by atoms with Gasteiger partial charge in [-0.15, -0.1) is 0 Å². The summed E-state index contributed by atoms with van der Waals surface area (Å²) in [4.78, 5) is 16.6. The van der Waals surface area contributed by atoms with Crippen LogP contribution < -0.4 is 0 Å². The highest BCUT2D eigenvalue weighted by molar-refractivity contribution is 5.90. The highest BCUT2D eigenvalue weighted by Crippen LogP contribution is 2.17.